The van der Waals surface area contributed by atoms with Gasteiger partial charge in [-0.1, -0.05) is 0 Å². The van der Waals surface area contributed by atoms with Crippen LogP contribution in [-0.4, -0.2) is 12.1 Å². The third-order valence-electron chi connectivity index (χ3n) is 2.73. The molecule has 0 saturated heterocycles. The number of H-pyrrole nitrogens is 1. The van der Waals surface area contributed by atoms with E-state index < -0.39 is 0 Å². The minimum atomic E-state index is -0.0211. The van der Waals surface area contributed by atoms with Gasteiger partial charge >= 0.3 is 0 Å². The monoisotopic (exact) mass is 282 g/mol. The van der Waals surface area contributed by atoms with Gasteiger partial charge in [-0.15, -0.1) is 0 Å². The highest BCUT2D eigenvalue weighted by Gasteiger charge is 2.14. The molecule has 0 spiro atoms. The summed E-state index contributed by atoms with van der Waals surface area (Å²) >= 11 is 3.58. The van der Waals surface area contributed by atoms with E-state index in [1.807, 2.05) is 19.1 Å². The highest BCUT2D eigenvalue weighted by atomic mass is 79.9. The Hall–Kier alpha value is -1.00. The van der Waals surface area contributed by atoms with Crippen molar-refractivity contribution in [2.75, 3.05) is 7.11 Å². The standard InChI is InChI=1S/C12H15BrN2O/c1-6-4-8(16-3)5-9-10(13)12(7(2)14)15-11(6)9/h4-5,7,15H,14H2,1-3H3. The molecule has 3 nitrogen and oxygen atoms in total. The first-order valence-electron chi connectivity index (χ1n) is 5.16. The quantitative estimate of drug-likeness (QED) is 0.888. The maximum atomic E-state index is 5.91. The number of halogens is 1. The van der Waals surface area contributed by atoms with E-state index in [2.05, 4.69) is 27.8 Å². The maximum Gasteiger partial charge on any atom is 0.119 e. The van der Waals surface area contributed by atoms with E-state index in [9.17, 15) is 0 Å². The Morgan fingerprint density at radius 1 is 1.44 bits per heavy atom. The fraction of sp³-hybridized carbons (Fsp3) is 0.333. The van der Waals surface area contributed by atoms with Gasteiger partial charge in [-0.2, -0.15) is 0 Å². The number of aryl methyl sites for hydroxylation is 1. The number of ether oxygens (including phenoxy) is 1. The second-order valence-electron chi connectivity index (χ2n) is 4.01. The summed E-state index contributed by atoms with van der Waals surface area (Å²) < 4.78 is 6.29. The van der Waals surface area contributed by atoms with E-state index in [4.69, 9.17) is 10.5 Å². The summed E-state index contributed by atoms with van der Waals surface area (Å²) in [5.41, 5.74) is 9.19. The largest absolute Gasteiger partial charge is 0.497 e. The smallest absolute Gasteiger partial charge is 0.119 e. The van der Waals surface area contributed by atoms with Crippen LogP contribution in [0.2, 0.25) is 0 Å². The van der Waals surface area contributed by atoms with Gasteiger partial charge in [-0.05, 0) is 47.5 Å². The second kappa shape index (κ2) is 4.11. The summed E-state index contributed by atoms with van der Waals surface area (Å²) in [5, 5.41) is 1.11. The van der Waals surface area contributed by atoms with E-state index in [1.54, 1.807) is 7.11 Å². The number of fused-ring (bicyclic) bond motifs is 1. The molecule has 1 unspecified atom stereocenters. The van der Waals surface area contributed by atoms with Crippen LogP contribution in [0, 0.1) is 6.92 Å². The number of nitrogens with one attached hydrogen (secondary N) is 1. The number of hydrogen-bond acceptors (Lipinski definition) is 2. The molecule has 4 heteroatoms. The van der Waals surface area contributed by atoms with Crippen molar-refractivity contribution in [2.24, 2.45) is 5.73 Å². The molecule has 2 rings (SSSR count). The molecule has 1 heterocycles. The number of benzene rings is 1. The minimum Gasteiger partial charge on any atom is -0.497 e. The molecule has 2 aromatic rings. The van der Waals surface area contributed by atoms with Crippen molar-refractivity contribution >= 4 is 26.8 Å². The average molecular weight is 283 g/mol. The lowest BCUT2D eigenvalue weighted by Crippen LogP contribution is -2.05. The van der Waals surface area contributed by atoms with Crippen LogP contribution in [0.1, 0.15) is 24.2 Å². The molecular weight excluding hydrogens is 268 g/mol. The van der Waals surface area contributed by atoms with Crippen molar-refractivity contribution in [1.82, 2.24) is 4.98 Å². The minimum absolute atomic E-state index is 0.0211. The van der Waals surface area contributed by atoms with E-state index in [-0.39, 0.29) is 6.04 Å². The van der Waals surface area contributed by atoms with E-state index in [1.165, 1.54) is 0 Å². The van der Waals surface area contributed by atoms with Crippen LogP contribution in [0.3, 0.4) is 0 Å². The summed E-state index contributed by atoms with van der Waals surface area (Å²) in [6, 6.07) is 4.00. The summed E-state index contributed by atoms with van der Waals surface area (Å²) in [6.07, 6.45) is 0. The Labute approximate surface area is 103 Å². The molecule has 0 aliphatic heterocycles. The third-order valence-corrected chi connectivity index (χ3v) is 3.59. The van der Waals surface area contributed by atoms with Crippen molar-refractivity contribution in [2.45, 2.75) is 19.9 Å². The first-order chi connectivity index (χ1) is 7.54. The van der Waals surface area contributed by atoms with Crippen LogP contribution in [-0.2, 0) is 0 Å². The first kappa shape index (κ1) is 11.5. The third kappa shape index (κ3) is 1.72. The second-order valence-corrected chi connectivity index (χ2v) is 4.80. The highest BCUT2D eigenvalue weighted by Crippen LogP contribution is 2.34. The molecule has 1 atom stereocenters. The molecule has 1 aromatic carbocycles. The normalized spacial score (nSPS) is 13.1. The molecule has 0 saturated carbocycles. The molecule has 16 heavy (non-hydrogen) atoms. The van der Waals surface area contributed by atoms with Gasteiger partial charge < -0.3 is 15.5 Å². The van der Waals surface area contributed by atoms with Gasteiger partial charge in [0.15, 0.2) is 0 Å². The predicted molar refractivity (Wildman–Crippen MR) is 69.9 cm³/mol. The van der Waals surface area contributed by atoms with Crippen molar-refractivity contribution in [3.63, 3.8) is 0 Å². The molecular formula is C12H15BrN2O. The zero-order valence-corrected chi connectivity index (χ0v) is 11.2. The number of rotatable bonds is 2. The first-order valence-corrected chi connectivity index (χ1v) is 5.95. The predicted octanol–water partition coefficient (Wildman–Crippen LogP) is 3.27. The van der Waals surface area contributed by atoms with Gasteiger partial charge in [0.1, 0.15) is 5.75 Å². The summed E-state index contributed by atoms with van der Waals surface area (Å²) in [5.74, 6) is 0.862. The van der Waals surface area contributed by atoms with Gasteiger partial charge in [0.25, 0.3) is 0 Å². The van der Waals surface area contributed by atoms with Crippen molar-refractivity contribution in [3.05, 3.63) is 27.9 Å². The number of aromatic amines is 1. The fourth-order valence-corrected chi connectivity index (χ4v) is 2.63. The zero-order valence-electron chi connectivity index (χ0n) is 9.60. The molecule has 3 N–H and O–H groups in total. The lowest BCUT2D eigenvalue weighted by Gasteiger charge is -2.02. The van der Waals surface area contributed by atoms with E-state index >= 15 is 0 Å². The lowest BCUT2D eigenvalue weighted by molar-refractivity contribution is 0.415. The van der Waals surface area contributed by atoms with Crippen LogP contribution in [0.25, 0.3) is 10.9 Å². The van der Waals surface area contributed by atoms with E-state index in [0.29, 0.717) is 0 Å². The molecule has 0 aliphatic rings. The molecule has 0 radical (unpaired) electrons. The Balaban J connectivity index is 2.76. The van der Waals surface area contributed by atoms with Crippen LogP contribution in [0.15, 0.2) is 16.6 Å². The van der Waals surface area contributed by atoms with Gasteiger partial charge in [0.05, 0.1) is 12.6 Å². The van der Waals surface area contributed by atoms with E-state index in [0.717, 1.165) is 32.4 Å². The van der Waals surface area contributed by atoms with Crippen LogP contribution in [0.4, 0.5) is 0 Å². The summed E-state index contributed by atoms with van der Waals surface area (Å²) in [4.78, 5) is 3.36. The van der Waals surface area contributed by atoms with Crippen LogP contribution in [0.5, 0.6) is 5.75 Å². The number of hydrogen-bond donors (Lipinski definition) is 2. The summed E-state index contributed by atoms with van der Waals surface area (Å²) in [6.45, 7) is 4.01. The molecule has 86 valence electrons. The topological polar surface area (TPSA) is 51.0 Å². The molecule has 1 aromatic heterocycles. The Bertz CT molecular complexity index is 531. The summed E-state index contributed by atoms with van der Waals surface area (Å²) in [7, 11) is 1.67. The van der Waals surface area contributed by atoms with Gasteiger partial charge in [-0.25, -0.2) is 0 Å². The van der Waals surface area contributed by atoms with Gasteiger partial charge in [0, 0.05) is 21.6 Å². The fourth-order valence-electron chi connectivity index (χ4n) is 1.86. The SMILES string of the molecule is COc1cc(C)c2[nH]c(C(C)N)c(Br)c2c1. The zero-order chi connectivity index (χ0) is 11.9. The van der Waals surface area contributed by atoms with Crippen LogP contribution >= 0.6 is 15.9 Å². The van der Waals surface area contributed by atoms with Gasteiger partial charge in [-0.3, -0.25) is 0 Å². The molecule has 0 amide bonds. The highest BCUT2D eigenvalue weighted by molar-refractivity contribution is 9.10. The van der Waals surface area contributed by atoms with Crippen molar-refractivity contribution in [3.8, 4) is 5.75 Å². The van der Waals surface area contributed by atoms with Crippen LogP contribution < -0.4 is 10.5 Å². The Morgan fingerprint density at radius 3 is 2.69 bits per heavy atom. The number of aromatic nitrogens is 1. The van der Waals surface area contributed by atoms with Crippen molar-refractivity contribution < 1.29 is 4.74 Å². The lowest BCUT2D eigenvalue weighted by atomic mass is 10.1. The number of methoxy groups -OCH3 is 1. The molecule has 0 aliphatic carbocycles. The maximum absolute atomic E-state index is 5.91. The van der Waals surface area contributed by atoms with Gasteiger partial charge in [0.2, 0.25) is 0 Å². The Kier molecular flexibility index (Phi) is 2.95. The average Bonchev–Trinajstić information content (AvgIpc) is 2.57. The number of nitrogens with two attached hydrogens (primary N) is 1. The Morgan fingerprint density at radius 2 is 2.12 bits per heavy atom. The van der Waals surface area contributed by atoms with Crippen molar-refractivity contribution in [1.29, 1.82) is 0 Å². The molecule has 0 bridgehead atoms. The molecule has 0 fully saturated rings.